The summed E-state index contributed by atoms with van der Waals surface area (Å²) in [5.74, 6) is -0.470. The van der Waals surface area contributed by atoms with Gasteiger partial charge in [0.25, 0.3) is 5.91 Å². The molecule has 158 valence electrons. The lowest BCUT2D eigenvalue weighted by molar-refractivity contribution is -0.142. The Morgan fingerprint density at radius 2 is 1.87 bits per heavy atom. The molecular formula is C24H27ClN2O3. The van der Waals surface area contributed by atoms with Gasteiger partial charge in [-0.05, 0) is 30.5 Å². The highest BCUT2D eigenvalue weighted by molar-refractivity contribution is 6.32. The summed E-state index contributed by atoms with van der Waals surface area (Å²) in [6, 6.07) is 14.6. The molecule has 0 N–H and O–H groups in total. The minimum absolute atomic E-state index is 0.110. The third-order valence-electron chi connectivity index (χ3n) is 4.98. The van der Waals surface area contributed by atoms with Gasteiger partial charge in [0.05, 0.1) is 24.4 Å². The van der Waals surface area contributed by atoms with Crippen LogP contribution in [0.25, 0.3) is 0 Å². The lowest BCUT2D eigenvalue weighted by Gasteiger charge is -2.30. The Bertz CT molecular complexity index is 964. The van der Waals surface area contributed by atoms with Crippen LogP contribution in [0.5, 0.6) is 0 Å². The first-order valence-electron chi connectivity index (χ1n) is 10.1. The molecule has 1 amide bonds. The molecule has 0 saturated heterocycles. The lowest BCUT2D eigenvalue weighted by Crippen LogP contribution is -2.44. The maximum atomic E-state index is 13.6. The molecule has 0 bridgehead atoms. The highest BCUT2D eigenvalue weighted by Crippen LogP contribution is 2.35. The van der Waals surface area contributed by atoms with Gasteiger partial charge in [-0.25, -0.2) is 0 Å². The molecule has 6 heteroatoms. The van der Waals surface area contributed by atoms with Crippen LogP contribution in [0.1, 0.15) is 45.2 Å². The minimum Gasteiger partial charge on any atom is -0.466 e. The summed E-state index contributed by atoms with van der Waals surface area (Å²) in [7, 11) is 0. The highest BCUT2D eigenvalue weighted by atomic mass is 35.5. The molecule has 2 aromatic rings. The SMILES string of the molecule is CCOC(=O)CCN1C(=O)[C@H](C(C)(C)C)N=C(c2ccccc2)c2cc(Cl)ccc21. The van der Waals surface area contributed by atoms with E-state index in [0.717, 1.165) is 16.8 Å². The largest absolute Gasteiger partial charge is 0.466 e. The number of hydrogen-bond donors (Lipinski definition) is 0. The molecule has 1 aliphatic heterocycles. The van der Waals surface area contributed by atoms with Crippen LogP contribution in [0.3, 0.4) is 0 Å². The molecular weight excluding hydrogens is 400 g/mol. The first kappa shape index (κ1) is 22.0. The van der Waals surface area contributed by atoms with E-state index in [1.54, 1.807) is 17.9 Å². The van der Waals surface area contributed by atoms with Gasteiger partial charge in [0.15, 0.2) is 0 Å². The van der Waals surface area contributed by atoms with Crippen molar-refractivity contribution in [3.05, 3.63) is 64.7 Å². The summed E-state index contributed by atoms with van der Waals surface area (Å²) in [6.07, 6.45) is 0.110. The number of amides is 1. The summed E-state index contributed by atoms with van der Waals surface area (Å²) in [5, 5.41) is 0.560. The number of nitrogens with zero attached hydrogens (tertiary/aromatic N) is 2. The van der Waals surface area contributed by atoms with E-state index in [2.05, 4.69) is 0 Å². The molecule has 0 spiro atoms. The van der Waals surface area contributed by atoms with Gasteiger partial charge >= 0.3 is 5.97 Å². The van der Waals surface area contributed by atoms with Gasteiger partial charge in [-0.3, -0.25) is 14.6 Å². The first-order chi connectivity index (χ1) is 14.2. The third-order valence-corrected chi connectivity index (χ3v) is 5.21. The molecule has 0 aliphatic carbocycles. The van der Waals surface area contributed by atoms with Gasteiger partial charge in [-0.1, -0.05) is 62.7 Å². The van der Waals surface area contributed by atoms with E-state index in [4.69, 9.17) is 21.3 Å². The molecule has 0 unspecified atom stereocenters. The van der Waals surface area contributed by atoms with Gasteiger partial charge in [-0.2, -0.15) is 0 Å². The Morgan fingerprint density at radius 1 is 1.17 bits per heavy atom. The predicted octanol–water partition coefficient (Wildman–Crippen LogP) is 4.89. The van der Waals surface area contributed by atoms with Gasteiger partial charge in [0.1, 0.15) is 6.04 Å². The highest BCUT2D eigenvalue weighted by Gasteiger charge is 2.38. The zero-order chi connectivity index (χ0) is 21.9. The summed E-state index contributed by atoms with van der Waals surface area (Å²) in [6.45, 7) is 8.28. The molecule has 1 heterocycles. The number of ether oxygens (including phenoxy) is 1. The minimum atomic E-state index is -0.610. The van der Waals surface area contributed by atoms with Crippen LogP contribution in [0.15, 0.2) is 53.5 Å². The predicted molar refractivity (Wildman–Crippen MR) is 120 cm³/mol. The van der Waals surface area contributed by atoms with Crippen molar-refractivity contribution >= 4 is 34.9 Å². The zero-order valence-corrected chi connectivity index (χ0v) is 18.6. The van der Waals surface area contributed by atoms with Crippen molar-refractivity contribution in [3.63, 3.8) is 0 Å². The number of halogens is 1. The number of benzene rings is 2. The van der Waals surface area contributed by atoms with Crippen molar-refractivity contribution < 1.29 is 14.3 Å². The Labute approximate surface area is 182 Å². The van der Waals surface area contributed by atoms with Crippen LogP contribution in [0, 0.1) is 5.41 Å². The average Bonchev–Trinajstić information content (AvgIpc) is 2.81. The van der Waals surface area contributed by atoms with E-state index in [0.29, 0.717) is 17.3 Å². The lowest BCUT2D eigenvalue weighted by atomic mass is 9.86. The molecule has 0 radical (unpaired) electrons. The number of aliphatic imine (C=N–C) groups is 1. The maximum Gasteiger partial charge on any atom is 0.307 e. The second-order valence-corrected chi connectivity index (χ2v) is 8.76. The topological polar surface area (TPSA) is 59.0 Å². The Balaban J connectivity index is 2.16. The van der Waals surface area contributed by atoms with Gasteiger partial charge in [0.2, 0.25) is 0 Å². The molecule has 0 aromatic heterocycles. The maximum absolute atomic E-state index is 13.6. The molecule has 1 aliphatic rings. The van der Waals surface area contributed by atoms with Crippen LogP contribution in [0.2, 0.25) is 5.02 Å². The summed E-state index contributed by atoms with van der Waals surface area (Å²) >= 11 is 6.33. The Kier molecular flexibility index (Phi) is 6.61. The molecule has 1 atom stereocenters. The number of hydrogen-bond acceptors (Lipinski definition) is 4. The second-order valence-electron chi connectivity index (χ2n) is 8.32. The zero-order valence-electron chi connectivity index (χ0n) is 17.8. The Morgan fingerprint density at radius 3 is 2.50 bits per heavy atom. The van der Waals surface area contributed by atoms with Crippen molar-refractivity contribution in [2.45, 2.75) is 40.2 Å². The van der Waals surface area contributed by atoms with E-state index in [9.17, 15) is 9.59 Å². The van der Waals surface area contributed by atoms with E-state index < -0.39 is 11.5 Å². The van der Waals surface area contributed by atoms with E-state index in [1.807, 2.05) is 63.2 Å². The van der Waals surface area contributed by atoms with Crippen LogP contribution >= 0.6 is 11.6 Å². The van der Waals surface area contributed by atoms with Crippen LogP contribution in [-0.2, 0) is 14.3 Å². The van der Waals surface area contributed by atoms with Crippen molar-refractivity contribution in [1.82, 2.24) is 0 Å². The molecule has 3 rings (SSSR count). The smallest absolute Gasteiger partial charge is 0.307 e. The van der Waals surface area contributed by atoms with Gasteiger partial charge in [0, 0.05) is 22.7 Å². The number of esters is 1. The molecule has 2 aromatic carbocycles. The number of carbonyl (C=O) groups is 2. The second kappa shape index (κ2) is 9.00. The van der Waals surface area contributed by atoms with Gasteiger partial charge in [-0.15, -0.1) is 0 Å². The number of fused-ring (bicyclic) bond motifs is 1. The van der Waals surface area contributed by atoms with Crippen LogP contribution in [0.4, 0.5) is 5.69 Å². The van der Waals surface area contributed by atoms with E-state index in [1.165, 1.54) is 0 Å². The number of rotatable bonds is 5. The molecule has 0 saturated carbocycles. The number of benzodiazepines with no additional fused rings is 1. The fourth-order valence-corrected chi connectivity index (χ4v) is 3.68. The Hall–Kier alpha value is -2.66. The average molecular weight is 427 g/mol. The standard InChI is InChI=1S/C24H27ClN2O3/c1-5-30-20(28)13-14-27-19-12-11-17(25)15-18(19)21(16-9-7-6-8-10-16)26-22(23(27)29)24(2,3)4/h6-12,15,22H,5,13-14H2,1-4H3/t22-/m1/s1. The van der Waals surface area contributed by atoms with Crippen molar-refractivity contribution in [2.75, 3.05) is 18.1 Å². The van der Waals surface area contributed by atoms with Crippen molar-refractivity contribution in [3.8, 4) is 0 Å². The van der Waals surface area contributed by atoms with E-state index >= 15 is 0 Å². The third kappa shape index (κ3) is 4.73. The summed E-state index contributed by atoms with van der Waals surface area (Å²) in [5.41, 5.74) is 2.70. The van der Waals surface area contributed by atoms with Gasteiger partial charge < -0.3 is 9.64 Å². The normalized spacial score (nSPS) is 16.6. The fraction of sp³-hybridized carbons (Fsp3) is 0.375. The summed E-state index contributed by atoms with van der Waals surface area (Å²) < 4.78 is 5.06. The van der Waals surface area contributed by atoms with Crippen LogP contribution < -0.4 is 4.90 Å². The summed E-state index contributed by atoms with van der Waals surface area (Å²) in [4.78, 5) is 32.2. The number of anilines is 1. The van der Waals surface area contributed by atoms with Crippen molar-refractivity contribution in [2.24, 2.45) is 10.4 Å². The number of carbonyl (C=O) groups excluding carboxylic acids is 2. The molecule has 5 nitrogen and oxygen atoms in total. The quantitative estimate of drug-likeness (QED) is 0.639. The first-order valence-corrected chi connectivity index (χ1v) is 10.5. The molecule has 0 fully saturated rings. The van der Waals surface area contributed by atoms with Crippen LogP contribution in [-0.4, -0.2) is 36.8 Å². The monoisotopic (exact) mass is 426 g/mol. The molecule has 30 heavy (non-hydrogen) atoms. The van der Waals surface area contributed by atoms with Crippen molar-refractivity contribution in [1.29, 1.82) is 0 Å². The fourth-order valence-electron chi connectivity index (χ4n) is 3.51. The van der Waals surface area contributed by atoms with E-state index in [-0.39, 0.29) is 24.8 Å².